The third-order valence-electron chi connectivity index (χ3n) is 2.94. The second kappa shape index (κ2) is 6.41. The molecule has 2 heterocycles. The fourth-order valence-corrected chi connectivity index (χ4v) is 2.08. The summed E-state index contributed by atoms with van der Waals surface area (Å²) in [6, 6.07) is 3.58. The van der Waals surface area contributed by atoms with E-state index in [1.807, 2.05) is 13.8 Å². The Morgan fingerprint density at radius 3 is 2.79 bits per heavy atom. The molecule has 1 aliphatic heterocycles. The highest BCUT2D eigenvalue weighted by atomic mass is 16.6. The molecule has 104 valence electrons. The van der Waals surface area contributed by atoms with Gasteiger partial charge in [0.2, 0.25) is 0 Å². The number of pyridine rings is 1. The minimum Gasteiger partial charge on any atom is -0.470 e. The molecule has 0 bridgehead atoms. The second-order valence-electron chi connectivity index (χ2n) is 4.88. The van der Waals surface area contributed by atoms with Gasteiger partial charge in [-0.25, -0.2) is 4.79 Å². The van der Waals surface area contributed by atoms with E-state index >= 15 is 0 Å². The van der Waals surface area contributed by atoms with Crippen LogP contribution in [0.4, 0.5) is 4.79 Å². The van der Waals surface area contributed by atoms with Crippen LogP contribution in [0.2, 0.25) is 0 Å². The Morgan fingerprint density at radius 1 is 1.37 bits per heavy atom. The Balaban J connectivity index is 2.01. The molecule has 1 atom stereocenters. The molecule has 0 aromatic carbocycles. The molecule has 19 heavy (non-hydrogen) atoms. The third-order valence-corrected chi connectivity index (χ3v) is 2.94. The fraction of sp³-hybridized carbons (Fsp3) is 0.571. The van der Waals surface area contributed by atoms with Gasteiger partial charge in [-0.1, -0.05) is 0 Å². The van der Waals surface area contributed by atoms with Crippen molar-refractivity contribution >= 4 is 6.09 Å². The van der Waals surface area contributed by atoms with E-state index in [-0.39, 0.29) is 18.4 Å². The zero-order valence-electron chi connectivity index (χ0n) is 11.4. The van der Waals surface area contributed by atoms with E-state index < -0.39 is 0 Å². The van der Waals surface area contributed by atoms with Gasteiger partial charge in [-0.05, 0) is 38.8 Å². The highest BCUT2D eigenvalue weighted by Crippen LogP contribution is 2.22. The molecule has 5 nitrogen and oxygen atoms in total. The Morgan fingerprint density at radius 2 is 2.11 bits per heavy atom. The standard InChI is InChI=1S/C14H20N2O3/c1-11(2)18-14(17)16-10-4-3-5-13(16)19-12-6-8-15-9-7-12/h6-9,11,13H,3-5,10H2,1-2H3. The van der Waals surface area contributed by atoms with Crippen LogP contribution in [-0.4, -0.2) is 34.9 Å². The molecule has 1 unspecified atom stereocenters. The van der Waals surface area contributed by atoms with Gasteiger partial charge in [0.1, 0.15) is 5.75 Å². The number of amides is 1. The number of rotatable bonds is 3. The maximum atomic E-state index is 12.0. The summed E-state index contributed by atoms with van der Waals surface area (Å²) >= 11 is 0. The lowest BCUT2D eigenvalue weighted by Gasteiger charge is -2.35. The summed E-state index contributed by atoms with van der Waals surface area (Å²) in [6.07, 6.45) is 5.57. The quantitative estimate of drug-likeness (QED) is 0.842. The van der Waals surface area contributed by atoms with Crippen molar-refractivity contribution in [3.8, 4) is 5.75 Å². The van der Waals surface area contributed by atoms with Crippen LogP contribution < -0.4 is 4.74 Å². The fourth-order valence-electron chi connectivity index (χ4n) is 2.08. The normalized spacial score (nSPS) is 19.3. The minimum atomic E-state index is -0.297. The smallest absolute Gasteiger partial charge is 0.412 e. The van der Waals surface area contributed by atoms with Crippen molar-refractivity contribution in [2.45, 2.75) is 45.4 Å². The third kappa shape index (κ3) is 3.84. The number of likely N-dealkylation sites (tertiary alicyclic amines) is 1. The molecular formula is C14H20N2O3. The monoisotopic (exact) mass is 264 g/mol. The average molecular weight is 264 g/mol. The topological polar surface area (TPSA) is 51.7 Å². The van der Waals surface area contributed by atoms with Gasteiger partial charge in [0.25, 0.3) is 0 Å². The molecule has 0 aliphatic carbocycles. The second-order valence-corrected chi connectivity index (χ2v) is 4.88. The first kappa shape index (κ1) is 13.6. The van der Waals surface area contributed by atoms with Crippen molar-refractivity contribution in [3.63, 3.8) is 0 Å². The summed E-state index contributed by atoms with van der Waals surface area (Å²) in [7, 11) is 0. The van der Waals surface area contributed by atoms with Crippen molar-refractivity contribution in [1.82, 2.24) is 9.88 Å². The van der Waals surface area contributed by atoms with Crippen LogP contribution in [0.5, 0.6) is 5.75 Å². The number of ether oxygens (including phenoxy) is 2. The van der Waals surface area contributed by atoms with Crippen molar-refractivity contribution in [2.75, 3.05) is 6.54 Å². The average Bonchev–Trinajstić information content (AvgIpc) is 2.39. The number of aromatic nitrogens is 1. The molecule has 1 saturated heterocycles. The molecule has 0 N–H and O–H groups in total. The van der Waals surface area contributed by atoms with E-state index in [0.29, 0.717) is 6.54 Å². The molecule has 1 aromatic heterocycles. The maximum absolute atomic E-state index is 12.0. The number of piperidine rings is 1. The Kier molecular flexibility index (Phi) is 4.60. The molecule has 0 radical (unpaired) electrons. The van der Waals surface area contributed by atoms with Gasteiger partial charge in [-0.15, -0.1) is 0 Å². The van der Waals surface area contributed by atoms with Gasteiger partial charge in [0.15, 0.2) is 6.23 Å². The van der Waals surface area contributed by atoms with Crippen LogP contribution in [0.3, 0.4) is 0 Å². The zero-order chi connectivity index (χ0) is 13.7. The molecular weight excluding hydrogens is 244 g/mol. The van der Waals surface area contributed by atoms with E-state index in [1.54, 1.807) is 29.4 Å². The summed E-state index contributed by atoms with van der Waals surface area (Å²) in [4.78, 5) is 17.6. The lowest BCUT2D eigenvalue weighted by molar-refractivity contribution is -0.0143. The first-order valence-corrected chi connectivity index (χ1v) is 6.71. The number of hydrogen-bond donors (Lipinski definition) is 0. The van der Waals surface area contributed by atoms with E-state index in [1.165, 1.54) is 0 Å². The van der Waals surface area contributed by atoms with Crippen LogP contribution in [0, 0.1) is 0 Å². The summed E-state index contributed by atoms with van der Waals surface area (Å²) < 4.78 is 11.1. The first-order valence-electron chi connectivity index (χ1n) is 6.71. The predicted molar refractivity (Wildman–Crippen MR) is 70.8 cm³/mol. The van der Waals surface area contributed by atoms with Gasteiger partial charge in [0.05, 0.1) is 6.10 Å². The van der Waals surface area contributed by atoms with Crippen LogP contribution in [0.15, 0.2) is 24.5 Å². The van der Waals surface area contributed by atoms with E-state index in [0.717, 1.165) is 25.0 Å². The SMILES string of the molecule is CC(C)OC(=O)N1CCCCC1Oc1ccncc1. The van der Waals surface area contributed by atoms with Gasteiger partial charge < -0.3 is 9.47 Å². The van der Waals surface area contributed by atoms with Crippen molar-refractivity contribution in [1.29, 1.82) is 0 Å². The molecule has 2 rings (SSSR count). The van der Waals surface area contributed by atoms with Gasteiger partial charge in [-0.2, -0.15) is 0 Å². The lowest BCUT2D eigenvalue weighted by atomic mass is 10.1. The van der Waals surface area contributed by atoms with Crippen LogP contribution in [0.25, 0.3) is 0 Å². The Hall–Kier alpha value is -1.78. The molecule has 1 amide bonds. The Bertz CT molecular complexity index is 408. The molecule has 1 fully saturated rings. The van der Waals surface area contributed by atoms with Crippen LogP contribution in [0.1, 0.15) is 33.1 Å². The number of nitrogens with zero attached hydrogens (tertiary/aromatic N) is 2. The summed E-state index contributed by atoms with van der Waals surface area (Å²) in [6.45, 7) is 4.38. The van der Waals surface area contributed by atoms with Crippen molar-refractivity contribution in [3.05, 3.63) is 24.5 Å². The van der Waals surface area contributed by atoms with Gasteiger partial charge in [0, 0.05) is 25.4 Å². The van der Waals surface area contributed by atoms with Crippen LogP contribution in [-0.2, 0) is 4.74 Å². The zero-order valence-corrected chi connectivity index (χ0v) is 11.4. The lowest BCUT2D eigenvalue weighted by Crippen LogP contribution is -2.47. The summed E-state index contributed by atoms with van der Waals surface area (Å²) in [5.74, 6) is 0.726. The maximum Gasteiger partial charge on any atom is 0.412 e. The summed E-state index contributed by atoms with van der Waals surface area (Å²) in [5.41, 5.74) is 0. The minimum absolute atomic E-state index is 0.115. The first-order chi connectivity index (χ1) is 9.16. The summed E-state index contributed by atoms with van der Waals surface area (Å²) in [5, 5.41) is 0. The van der Waals surface area contributed by atoms with Crippen molar-refractivity contribution in [2.24, 2.45) is 0 Å². The Labute approximate surface area is 113 Å². The predicted octanol–water partition coefficient (Wildman–Crippen LogP) is 2.82. The molecule has 5 heteroatoms. The molecule has 0 spiro atoms. The van der Waals surface area contributed by atoms with E-state index in [4.69, 9.17) is 9.47 Å². The number of hydrogen-bond acceptors (Lipinski definition) is 4. The highest BCUT2D eigenvalue weighted by molar-refractivity contribution is 5.68. The van der Waals surface area contributed by atoms with Gasteiger partial charge in [-0.3, -0.25) is 9.88 Å². The molecule has 1 aliphatic rings. The van der Waals surface area contributed by atoms with E-state index in [2.05, 4.69) is 4.98 Å². The largest absolute Gasteiger partial charge is 0.470 e. The van der Waals surface area contributed by atoms with Crippen molar-refractivity contribution < 1.29 is 14.3 Å². The number of carbonyl (C=O) groups excluding carboxylic acids is 1. The number of carbonyl (C=O) groups is 1. The van der Waals surface area contributed by atoms with Gasteiger partial charge >= 0.3 is 6.09 Å². The molecule has 0 saturated carbocycles. The molecule has 1 aromatic rings. The van der Waals surface area contributed by atoms with E-state index in [9.17, 15) is 4.79 Å². The highest BCUT2D eigenvalue weighted by Gasteiger charge is 2.29. The van der Waals surface area contributed by atoms with Crippen LogP contribution >= 0.6 is 0 Å².